The van der Waals surface area contributed by atoms with Gasteiger partial charge in [0, 0.05) is 24.1 Å². The minimum absolute atomic E-state index is 0.0410. The Morgan fingerprint density at radius 2 is 1.42 bits per heavy atom. The molecule has 306 valence electrons. The summed E-state index contributed by atoms with van der Waals surface area (Å²) in [6.07, 6.45) is 6.40. The molecule has 0 unspecified atom stereocenters. The Morgan fingerprint density at radius 1 is 0.860 bits per heavy atom. The molecule has 2 aromatic carbocycles. The van der Waals surface area contributed by atoms with Crippen LogP contribution in [0.25, 0.3) is 11.1 Å². The first kappa shape index (κ1) is 41.6. The van der Waals surface area contributed by atoms with Crippen LogP contribution >= 0.6 is 0 Å². The van der Waals surface area contributed by atoms with Crippen LogP contribution in [0.1, 0.15) is 83.3 Å². The van der Waals surface area contributed by atoms with Crippen molar-refractivity contribution in [1.82, 2.24) is 26.0 Å². The number of carbonyl (C=O) groups is 5. The lowest BCUT2D eigenvalue weighted by molar-refractivity contribution is -0.139. The average Bonchev–Trinajstić information content (AvgIpc) is 3.56. The Morgan fingerprint density at radius 3 is 1.93 bits per heavy atom. The lowest BCUT2D eigenvalue weighted by Crippen LogP contribution is -2.60. The van der Waals surface area contributed by atoms with Crippen molar-refractivity contribution >= 4 is 45.3 Å². The second-order valence-electron chi connectivity index (χ2n) is 17.0. The molecule has 6 rings (SSSR count). The van der Waals surface area contributed by atoms with Gasteiger partial charge in [0.25, 0.3) is 5.91 Å². The number of fused-ring (bicyclic) bond motifs is 3. The zero-order chi connectivity index (χ0) is 41.3. The maximum absolute atomic E-state index is 14.4. The van der Waals surface area contributed by atoms with E-state index in [4.69, 9.17) is 4.84 Å². The van der Waals surface area contributed by atoms with Gasteiger partial charge in [-0.25, -0.2) is 8.42 Å². The first-order valence-electron chi connectivity index (χ1n) is 19.7. The molecule has 0 bridgehead atoms. The van der Waals surface area contributed by atoms with Gasteiger partial charge in [0.2, 0.25) is 33.7 Å². The lowest BCUT2D eigenvalue weighted by Gasteiger charge is -2.35. The van der Waals surface area contributed by atoms with Crippen LogP contribution in [0.4, 0.5) is 0 Å². The highest BCUT2D eigenvalue weighted by atomic mass is 32.2. The Bertz CT molecular complexity index is 2030. The monoisotopic (exact) mass is 802 g/mol. The van der Waals surface area contributed by atoms with Crippen LogP contribution in [0.15, 0.2) is 66.3 Å². The quantitative estimate of drug-likeness (QED) is 0.128. The van der Waals surface area contributed by atoms with E-state index in [-0.39, 0.29) is 31.1 Å². The summed E-state index contributed by atoms with van der Waals surface area (Å²) >= 11 is 0. The molecule has 5 N–H and O–H groups in total. The normalized spacial score (nSPS) is 25.1. The van der Waals surface area contributed by atoms with Gasteiger partial charge in [0.1, 0.15) is 29.4 Å². The topological polar surface area (TPSA) is 201 Å². The van der Waals surface area contributed by atoms with Crippen molar-refractivity contribution in [1.29, 1.82) is 0 Å². The van der Waals surface area contributed by atoms with Crippen LogP contribution in [0.3, 0.4) is 0 Å². The Hall–Kier alpha value is -5.05. The third kappa shape index (κ3) is 8.93. The number of rotatable bonds is 13. The number of carbonyl (C=O) groups excluding carboxylic acids is 5. The SMILES string of the molecule is C=C[C@@H]1C[C@]1(NC(=O)[C@@H]1C[C@@H](ON=C2c3ccccc3-c3ccccc32)C[C@H]1C(=O)N[C@@H](C(=O)N[C@@H](C(=O)NC)C1CCCCC1)C(C)(C)C)C(=O)NS(C)(=O)=O. The molecule has 5 amide bonds. The molecule has 0 heterocycles. The van der Waals surface area contributed by atoms with Gasteiger partial charge >= 0.3 is 0 Å². The molecular weight excluding hydrogens is 749 g/mol. The van der Waals surface area contributed by atoms with Crippen LogP contribution < -0.4 is 26.0 Å². The van der Waals surface area contributed by atoms with E-state index in [1.165, 1.54) is 13.1 Å². The number of nitrogens with one attached hydrogen (secondary N) is 5. The molecule has 3 fully saturated rings. The maximum Gasteiger partial charge on any atom is 0.259 e. The first-order valence-corrected chi connectivity index (χ1v) is 21.6. The number of oxime groups is 1. The summed E-state index contributed by atoms with van der Waals surface area (Å²) in [5.74, 6) is -5.60. The van der Waals surface area contributed by atoms with Crippen LogP contribution in [0.5, 0.6) is 0 Å². The molecule has 2 aromatic rings. The fraction of sp³-hybridized carbons (Fsp3) is 0.524. The van der Waals surface area contributed by atoms with Crippen molar-refractivity contribution in [2.45, 2.75) is 95.9 Å². The summed E-state index contributed by atoms with van der Waals surface area (Å²) < 4.78 is 26.0. The molecule has 3 saturated carbocycles. The number of nitrogens with zero attached hydrogens (tertiary/aromatic N) is 1. The van der Waals surface area contributed by atoms with E-state index >= 15 is 0 Å². The minimum atomic E-state index is -3.95. The van der Waals surface area contributed by atoms with Gasteiger partial charge in [-0.15, -0.1) is 6.58 Å². The fourth-order valence-corrected chi connectivity index (χ4v) is 9.18. The Labute approximate surface area is 334 Å². The molecule has 0 aliphatic heterocycles. The minimum Gasteiger partial charge on any atom is -0.392 e. The first-order chi connectivity index (χ1) is 27.0. The third-order valence-corrected chi connectivity index (χ3v) is 12.4. The molecule has 4 aliphatic rings. The standard InChI is InChI=1S/C42H54N6O8S/c1-7-25-23-42(25,40(53)48-57(6,54)55)46-37(50)32-22-26(56-47-34-29-19-13-11-17-27(29)28-18-12-14-20-30(28)34)21-31(32)36(49)45-35(41(2,3)4)39(52)44-33(38(51)43-5)24-15-9-8-10-16-24/h7,11-14,17-20,24-26,31-33,35H,1,8-10,15-16,21-23H2,2-6H3,(H,43,51)(H,44,52)(H,45,49)(H,46,50)(H,48,53)/t25-,26+,31-,32-,33-,35+,42-/m1/s1. The molecule has 0 aromatic heterocycles. The number of benzene rings is 2. The molecule has 57 heavy (non-hydrogen) atoms. The largest absolute Gasteiger partial charge is 0.392 e. The van der Waals surface area contributed by atoms with E-state index < -0.39 is 80.5 Å². The highest BCUT2D eigenvalue weighted by molar-refractivity contribution is 7.89. The van der Waals surface area contributed by atoms with Crippen molar-refractivity contribution in [3.63, 3.8) is 0 Å². The summed E-state index contributed by atoms with van der Waals surface area (Å²) in [6, 6.07) is 13.8. The summed E-state index contributed by atoms with van der Waals surface area (Å²) in [7, 11) is -2.42. The van der Waals surface area contributed by atoms with Gasteiger partial charge in [0.05, 0.1) is 18.1 Å². The predicted molar refractivity (Wildman–Crippen MR) is 215 cm³/mol. The second-order valence-corrected chi connectivity index (χ2v) is 18.7. The fourth-order valence-electron chi connectivity index (χ4n) is 8.66. The van der Waals surface area contributed by atoms with Crippen LogP contribution in [-0.2, 0) is 38.8 Å². The summed E-state index contributed by atoms with van der Waals surface area (Å²) in [6.45, 7) is 9.16. The highest BCUT2D eigenvalue weighted by Crippen LogP contribution is 2.46. The molecule has 0 radical (unpaired) electrons. The van der Waals surface area contributed by atoms with Gasteiger partial charge in [0.15, 0.2) is 0 Å². The molecule has 0 spiro atoms. The number of hydrogen-bond donors (Lipinski definition) is 5. The third-order valence-electron chi connectivity index (χ3n) is 11.8. The van der Waals surface area contributed by atoms with Crippen LogP contribution in [-0.4, -0.2) is 80.7 Å². The van der Waals surface area contributed by atoms with E-state index in [1.54, 1.807) is 20.8 Å². The van der Waals surface area contributed by atoms with Crippen molar-refractivity contribution in [3.05, 3.63) is 72.3 Å². The van der Waals surface area contributed by atoms with E-state index in [9.17, 15) is 32.4 Å². The van der Waals surface area contributed by atoms with Crippen molar-refractivity contribution in [2.24, 2.45) is 34.2 Å². The number of likely N-dealkylation sites (N-methyl/N-ethyl adjacent to an activating group) is 1. The van der Waals surface area contributed by atoms with Gasteiger partial charge in [-0.1, -0.05) is 99.8 Å². The van der Waals surface area contributed by atoms with Crippen molar-refractivity contribution < 1.29 is 37.2 Å². The van der Waals surface area contributed by atoms with Crippen LogP contribution in [0, 0.1) is 29.1 Å². The Balaban J connectivity index is 1.27. The summed E-state index contributed by atoms with van der Waals surface area (Å²) in [5, 5.41) is 15.9. The zero-order valence-corrected chi connectivity index (χ0v) is 34.0. The number of sulfonamides is 1. The van der Waals surface area contributed by atoms with Crippen LogP contribution in [0.2, 0.25) is 0 Å². The maximum atomic E-state index is 14.4. The van der Waals surface area contributed by atoms with Gasteiger partial charge in [-0.05, 0) is 54.6 Å². The average molecular weight is 803 g/mol. The Kier molecular flexibility index (Phi) is 12.0. The number of amides is 5. The van der Waals surface area contributed by atoms with Gasteiger partial charge in [-0.3, -0.25) is 28.7 Å². The van der Waals surface area contributed by atoms with Crippen molar-refractivity contribution in [2.75, 3.05) is 13.3 Å². The van der Waals surface area contributed by atoms with Gasteiger partial charge < -0.3 is 26.1 Å². The molecule has 4 aliphatic carbocycles. The lowest BCUT2D eigenvalue weighted by atomic mass is 9.82. The zero-order valence-electron chi connectivity index (χ0n) is 33.2. The van der Waals surface area contributed by atoms with E-state index in [0.29, 0.717) is 5.71 Å². The summed E-state index contributed by atoms with van der Waals surface area (Å²) in [4.78, 5) is 75.2. The number of hydrogen-bond acceptors (Lipinski definition) is 9. The van der Waals surface area contributed by atoms with E-state index in [1.807, 2.05) is 53.3 Å². The highest BCUT2D eigenvalue weighted by Gasteiger charge is 2.61. The second kappa shape index (κ2) is 16.4. The molecule has 0 saturated heterocycles. The van der Waals surface area contributed by atoms with E-state index in [2.05, 4.69) is 33.0 Å². The van der Waals surface area contributed by atoms with Gasteiger partial charge in [-0.2, -0.15) is 0 Å². The molecular formula is C42H54N6O8S. The summed E-state index contributed by atoms with van der Waals surface area (Å²) in [5.41, 5.74) is 2.01. The smallest absolute Gasteiger partial charge is 0.259 e. The predicted octanol–water partition coefficient (Wildman–Crippen LogP) is 3.31. The van der Waals surface area contributed by atoms with E-state index in [0.717, 1.165) is 60.6 Å². The molecule has 7 atom stereocenters. The van der Waals surface area contributed by atoms with Crippen molar-refractivity contribution in [3.8, 4) is 11.1 Å². The molecule has 15 heteroatoms. The molecule has 14 nitrogen and oxygen atoms in total.